The van der Waals surface area contributed by atoms with E-state index >= 15 is 0 Å². The summed E-state index contributed by atoms with van der Waals surface area (Å²) in [5.41, 5.74) is 1.75. The number of rotatable bonds is 6. The van der Waals surface area contributed by atoms with Crippen LogP contribution in [0.1, 0.15) is 37.2 Å². The summed E-state index contributed by atoms with van der Waals surface area (Å²) in [4.78, 5) is 0. The number of nitrogens with one attached hydrogen (secondary N) is 1. The van der Waals surface area contributed by atoms with E-state index in [1.54, 1.807) is 0 Å². The fourth-order valence-corrected chi connectivity index (χ4v) is 2.97. The average Bonchev–Trinajstić information content (AvgIpc) is 3.29. The van der Waals surface area contributed by atoms with E-state index in [0.717, 1.165) is 24.6 Å². The normalized spacial score (nSPS) is 22.2. The minimum atomic E-state index is -0.0128. The highest BCUT2D eigenvalue weighted by molar-refractivity contribution is 5.25. The van der Waals surface area contributed by atoms with Gasteiger partial charge in [-0.15, -0.1) is 0 Å². The van der Waals surface area contributed by atoms with Gasteiger partial charge in [0.1, 0.15) is 0 Å². The molecule has 0 saturated heterocycles. The Balaban J connectivity index is 1.51. The van der Waals surface area contributed by atoms with Crippen LogP contribution in [0, 0.1) is 22.7 Å². The maximum Gasteiger partial charge on any atom is 0.0837 e. The third-order valence-electron chi connectivity index (χ3n) is 4.52. The first-order chi connectivity index (χ1) is 8.84. The van der Waals surface area contributed by atoms with Crippen molar-refractivity contribution < 1.29 is 0 Å². The minimum absolute atomic E-state index is 0.0128. The molecule has 2 aliphatic carbocycles. The van der Waals surface area contributed by atoms with Crippen LogP contribution in [-0.2, 0) is 0 Å². The number of hydrogen-bond acceptors (Lipinski definition) is 2. The maximum absolute atomic E-state index is 9.26. The molecule has 0 heterocycles. The van der Waals surface area contributed by atoms with Crippen molar-refractivity contribution >= 4 is 0 Å². The Kier molecular flexibility index (Phi) is 3.09. The van der Waals surface area contributed by atoms with E-state index in [1.807, 2.05) is 30.3 Å². The first-order valence-electron chi connectivity index (χ1n) is 6.99. The van der Waals surface area contributed by atoms with Gasteiger partial charge in [-0.3, -0.25) is 0 Å². The summed E-state index contributed by atoms with van der Waals surface area (Å²) in [6, 6.07) is 12.5. The number of nitrogens with zero attached hydrogens (tertiary/aromatic N) is 1. The molecule has 18 heavy (non-hydrogen) atoms. The first-order valence-corrected chi connectivity index (χ1v) is 6.99. The van der Waals surface area contributed by atoms with Gasteiger partial charge in [0.05, 0.1) is 12.0 Å². The molecular weight excluding hydrogens is 220 g/mol. The summed E-state index contributed by atoms with van der Waals surface area (Å²) in [5, 5.41) is 12.8. The van der Waals surface area contributed by atoms with Crippen LogP contribution in [0.3, 0.4) is 0 Å². The van der Waals surface area contributed by atoms with Crippen LogP contribution < -0.4 is 5.32 Å². The average molecular weight is 240 g/mol. The second-order valence-electron chi connectivity index (χ2n) is 5.86. The summed E-state index contributed by atoms with van der Waals surface area (Å²) in [7, 11) is 0. The van der Waals surface area contributed by atoms with Crippen LogP contribution in [0.5, 0.6) is 0 Å². The van der Waals surface area contributed by atoms with Crippen molar-refractivity contribution in [1.82, 2.24) is 5.32 Å². The zero-order valence-corrected chi connectivity index (χ0v) is 10.7. The molecule has 1 aromatic carbocycles. The van der Waals surface area contributed by atoms with Crippen molar-refractivity contribution in [1.29, 1.82) is 5.26 Å². The summed E-state index contributed by atoms with van der Waals surface area (Å²) in [5.74, 6) is 0.975. The Morgan fingerprint density at radius 3 is 2.56 bits per heavy atom. The molecule has 2 nitrogen and oxygen atoms in total. The summed E-state index contributed by atoms with van der Waals surface area (Å²) >= 11 is 0. The van der Waals surface area contributed by atoms with Gasteiger partial charge >= 0.3 is 0 Å². The quantitative estimate of drug-likeness (QED) is 0.829. The molecule has 1 N–H and O–H groups in total. The second-order valence-corrected chi connectivity index (χ2v) is 5.86. The van der Waals surface area contributed by atoms with Gasteiger partial charge in [0.2, 0.25) is 0 Å². The lowest BCUT2D eigenvalue weighted by molar-refractivity contribution is 0.402. The standard InChI is InChI=1S/C16H20N2/c17-10-14(13-4-2-1-3-5-13)11-18-12-16(8-9-16)15-6-7-15/h1-5,14-15,18H,6-9,11-12H2. The van der Waals surface area contributed by atoms with Crippen LogP contribution in [-0.4, -0.2) is 13.1 Å². The summed E-state index contributed by atoms with van der Waals surface area (Å²) < 4.78 is 0. The Labute approximate surface area is 109 Å². The molecule has 2 aliphatic rings. The molecule has 2 saturated carbocycles. The van der Waals surface area contributed by atoms with E-state index in [4.69, 9.17) is 0 Å². The van der Waals surface area contributed by atoms with Crippen LogP contribution in [0.25, 0.3) is 0 Å². The smallest absolute Gasteiger partial charge is 0.0837 e. The number of hydrogen-bond donors (Lipinski definition) is 1. The van der Waals surface area contributed by atoms with Crippen molar-refractivity contribution in [2.24, 2.45) is 11.3 Å². The van der Waals surface area contributed by atoms with Crippen LogP contribution in [0.15, 0.2) is 30.3 Å². The van der Waals surface area contributed by atoms with Crippen molar-refractivity contribution in [3.8, 4) is 6.07 Å². The molecule has 94 valence electrons. The third-order valence-corrected chi connectivity index (χ3v) is 4.52. The van der Waals surface area contributed by atoms with Crippen molar-refractivity contribution in [3.05, 3.63) is 35.9 Å². The number of nitriles is 1. The molecule has 3 rings (SSSR count). The Bertz CT molecular complexity index is 438. The van der Waals surface area contributed by atoms with Crippen LogP contribution in [0.4, 0.5) is 0 Å². The van der Waals surface area contributed by atoms with E-state index < -0.39 is 0 Å². The summed E-state index contributed by atoms with van der Waals surface area (Å²) in [6.45, 7) is 1.90. The van der Waals surface area contributed by atoms with Gasteiger partial charge in [-0.2, -0.15) is 5.26 Å². The lowest BCUT2D eigenvalue weighted by Gasteiger charge is -2.17. The van der Waals surface area contributed by atoms with Gasteiger partial charge in [-0.1, -0.05) is 30.3 Å². The zero-order valence-electron chi connectivity index (χ0n) is 10.7. The van der Waals surface area contributed by atoms with Crippen molar-refractivity contribution in [2.75, 3.05) is 13.1 Å². The second kappa shape index (κ2) is 4.74. The molecule has 0 bridgehead atoms. The van der Waals surface area contributed by atoms with E-state index in [9.17, 15) is 5.26 Å². The highest BCUT2D eigenvalue weighted by atomic mass is 14.9. The molecule has 0 radical (unpaired) electrons. The zero-order chi connectivity index (χ0) is 12.4. The van der Waals surface area contributed by atoms with Gasteiger partial charge in [0, 0.05) is 13.1 Å². The molecule has 1 aromatic rings. The highest BCUT2D eigenvalue weighted by Crippen LogP contribution is 2.60. The van der Waals surface area contributed by atoms with Gasteiger partial charge in [-0.25, -0.2) is 0 Å². The Morgan fingerprint density at radius 1 is 1.28 bits per heavy atom. The molecule has 2 fully saturated rings. The molecule has 1 unspecified atom stereocenters. The van der Waals surface area contributed by atoms with Crippen molar-refractivity contribution in [3.63, 3.8) is 0 Å². The molecule has 0 aliphatic heterocycles. The lowest BCUT2D eigenvalue weighted by Crippen LogP contribution is -2.29. The largest absolute Gasteiger partial charge is 0.315 e. The molecule has 2 heteroatoms. The van der Waals surface area contributed by atoms with Gasteiger partial charge < -0.3 is 5.32 Å². The summed E-state index contributed by atoms with van der Waals surface area (Å²) in [6.07, 6.45) is 5.66. The van der Waals surface area contributed by atoms with Gasteiger partial charge in [-0.05, 0) is 42.6 Å². The van der Waals surface area contributed by atoms with E-state index in [1.165, 1.54) is 25.7 Å². The van der Waals surface area contributed by atoms with Crippen LogP contribution >= 0.6 is 0 Å². The third kappa shape index (κ3) is 2.42. The van der Waals surface area contributed by atoms with Gasteiger partial charge in [0.15, 0.2) is 0 Å². The van der Waals surface area contributed by atoms with Crippen molar-refractivity contribution in [2.45, 2.75) is 31.6 Å². The Hall–Kier alpha value is -1.33. The minimum Gasteiger partial charge on any atom is -0.315 e. The molecular formula is C16H20N2. The van der Waals surface area contributed by atoms with Crippen LogP contribution in [0.2, 0.25) is 0 Å². The topological polar surface area (TPSA) is 35.8 Å². The molecule has 1 atom stereocenters. The van der Waals surface area contributed by atoms with E-state index in [-0.39, 0.29) is 5.92 Å². The highest BCUT2D eigenvalue weighted by Gasteiger charge is 2.53. The number of benzene rings is 1. The molecule has 0 amide bonds. The monoisotopic (exact) mass is 240 g/mol. The van der Waals surface area contributed by atoms with E-state index in [0.29, 0.717) is 5.41 Å². The predicted octanol–water partition coefficient (Wildman–Crippen LogP) is 3.07. The molecule has 0 aromatic heterocycles. The molecule has 0 spiro atoms. The maximum atomic E-state index is 9.26. The van der Waals surface area contributed by atoms with Gasteiger partial charge in [0.25, 0.3) is 0 Å². The van der Waals surface area contributed by atoms with E-state index in [2.05, 4.69) is 11.4 Å². The first kappa shape index (κ1) is 11.7. The predicted molar refractivity (Wildman–Crippen MR) is 72.1 cm³/mol. The fraction of sp³-hybridized carbons (Fsp3) is 0.562. The SMILES string of the molecule is N#CC(CNCC1(C2CC2)CC1)c1ccccc1. The fourth-order valence-electron chi connectivity index (χ4n) is 2.97. The lowest BCUT2D eigenvalue weighted by atomic mass is 9.98. The Morgan fingerprint density at radius 2 is 2.00 bits per heavy atom.